The second-order valence-corrected chi connectivity index (χ2v) is 2.28. The first-order chi connectivity index (χ1) is 6.13. The highest BCUT2D eigenvalue weighted by molar-refractivity contribution is 5.88. The van der Waals surface area contributed by atoms with Gasteiger partial charge in [0.1, 0.15) is 0 Å². The molecule has 13 heavy (non-hydrogen) atoms. The van der Waals surface area contributed by atoms with E-state index in [1.807, 2.05) is 6.07 Å². The zero-order chi connectivity index (χ0) is 9.84. The van der Waals surface area contributed by atoms with Crippen molar-refractivity contribution in [2.24, 2.45) is 5.73 Å². The van der Waals surface area contributed by atoms with Crippen molar-refractivity contribution in [2.75, 3.05) is 0 Å². The van der Waals surface area contributed by atoms with Gasteiger partial charge in [-0.2, -0.15) is 5.26 Å². The standard InChI is InChI=1S/C7H6N4O2/c8-2-1-4-3-5(12)11-7(10-4)6(9)13/h3H,1H2,(H2,9,13)(H,10,11,12). The number of nitrogens with zero attached hydrogens (tertiary/aromatic N) is 2. The van der Waals surface area contributed by atoms with E-state index in [-0.39, 0.29) is 17.9 Å². The minimum atomic E-state index is -0.822. The van der Waals surface area contributed by atoms with Gasteiger partial charge in [0.05, 0.1) is 18.2 Å². The second-order valence-electron chi connectivity index (χ2n) is 2.28. The van der Waals surface area contributed by atoms with E-state index in [2.05, 4.69) is 9.97 Å². The number of nitriles is 1. The van der Waals surface area contributed by atoms with E-state index < -0.39 is 11.5 Å². The van der Waals surface area contributed by atoms with Crippen LogP contribution in [0.15, 0.2) is 10.9 Å². The third-order valence-electron chi connectivity index (χ3n) is 1.29. The first-order valence-corrected chi connectivity index (χ1v) is 3.40. The predicted molar refractivity (Wildman–Crippen MR) is 42.7 cm³/mol. The fourth-order valence-electron chi connectivity index (χ4n) is 0.796. The number of rotatable bonds is 2. The van der Waals surface area contributed by atoms with Crippen LogP contribution in [0.3, 0.4) is 0 Å². The number of carbonyl (C=O) groups is 1. The van der Waals surface area contributed by atoms with Gasteiger partial charge in [0, 0.05) is 6.07 Å². The molecule has 6 nitrogen and oxygen atoms in total. The fourth-order valence-corrected chi connectivity index (χ4v) is 0.796. The van der Waals surface area contributed by atoms with Gasteiger partial charge < -0.3 is 10.7 Å². The Bertz CT molecular complexity index is 429. The summed E-state index contributed by atoms with van der Waals surface area (Å²) in [4.78, 5) is 27.3. The molecule has 3 N–H and O–H groups in total. The van der Waals surface area contributed by atoms with Crippen LogP contribution in [0.4, 0.5) is 0 Å². The van der Waals surface area contributed by atoms with Gasteiger partial charge in [-0.3, -0.25) is 9.59 Å². The van der Waals surface area contributed by atoms with Crippen LogP contribution >= 0.6 is 0 Å². The molecule has 0 radical (unpaired) electrons. The van der Waals surface area contributed by atoms with Crippen LogP contribution in [0.25, 0.3) is 0 Å². The van der Waals surface area contributed by atoms with Crippen molar-refractivity contribution >= 4 is 5.91 Å². The highest BCUT2D eigenvalue weighted by Crippen LogP contribution is 1.91. The average molecular weight is 178 g/mol. The molecule has 0 aliphatic carbocycles. The Morgan fingerprint density at radius 3 is 3.00 bits per heavy atom. The zero-order valence-electron chi connectivity index (χ0n) is 6.57. The molecule has 0 atom stereocenters. The van der Waals surface area contributed by atoms with Gasteiger partial charge in [0.15, 0.2) is 5.82 Å². The predicted octanol–water partition coefficient (Wildman–Crippen LogP) is -1.07. The number of hydrogen-bond donors (Lipinski definition) is 2. The Morgan fingerprint density at radius 2 is 2.46 bits per heavy atom. The summed E-state index contributed by atoms with van der Waals surface area (Å²) in [5, 5.41) is 8.32. The molecule has 0 fully saturated rings. The monoisotopic (exact) mass is 178 g/mol. The number of aromatic amines is 1. The number of aromatic nitrogens is 2. The smallest absolute Gasteiger partial charge is 0.284 e. The molecule has 1 rings (SSSR count). The minimum Gasteiger partial charge on any atom is -0.363 e. The SMILES string of the molecule is N#CCc1cc(=O)[nH]c(C(N)=O)n1. The highest BCUT2D eigenvalue weighted by atomic mass is 16.1. The average Bonchev–Trinajstić information content (AvgIpc) is 2.03. The topological polar surface area (TPSA) is 113 Å². The Hall–Kier alpha value is -2.16. The Balaban J connectivity index is 3.20. The minimum absolute atomic E-state index is 0.0236. The Labute approximate surface area is 73.0 Å². The summed E-state index contributed by atoms with van der Waals surface area (Å²) in [6.07, 6.45) is -0.0236. The Morgan fingerprint density at radius 1 is 1.77 bits per heavy atom. The molecule has 1 heterocycles. The van der Waals surface area contributed by atoms with Crippen molar-refractivity contribution in [1.29, 1.82) is 5.26 Å². The van der Waals surface area contributed by atoms with Gasteiger partial charge in [0.25, 0.3) is 11.5 Å². The summed E-state index contributed by atoms with van der Waals surface area (Å²) < 4.78 is 0. The maximum absolute atomic E-state index is 10.9. The molecule has 0 spiro atoms. The number of nitrogens with two attached hydrogens (primary N) is 1. The number of H-pyrrole nitrogens is 1. The van der Waals surface area contributed by atoms with Crippen LogP contribution in [0, 0.1) is 11.3 Å². The van der Waals surface area contributed by atoms with Gasteiger partial charge >= 0.3 is 0 Å². The lowest BCUT2D eigenvalue weighted by atomic mass is 10.3. The fraction of sp³-hybridized carbons (Fsp3) is 0.143. The Kier molecular flexibility index (Phi) is 2.40. The molecule has 0 saturated carbocycles. The molecular formula is C7H6N4O2. The summed E-state index contributed by atoms with van der Waals surface area (Å²) in [5.74, 6) is -1.05. The van der Waals surface area contributed by atoms with Crippen molar-refractivity contribution in [2.45, 2.75) is 6.42 Å². The molecule has 0 aromatic carbocycles. The van der Waals surface area contributed by atoms with Crippen LogP contribution < -0.4 is 11.3 Å². The van der Waals surface area contributed by atoms with E-state index in [0.717, 1.165) is 6.07 Å². The lowest BCUT2D eigenvalue weighted by molar-refractivity contribution is 0.0990. The van der Waals surface area contributed by atoms with E-state index in [9.17, 15) is 9.59 Å². The molecule has 1 aromatic rings. The molecular weight excluding hydrogens is 172 g/mol. The summed E-state index contributed by atoms with van der Waals surface area (Å²) in [7, 11) is 0. The van der Waals surface area contributed by atoms with Crippen LogP contribution in [-0.4, -0.2) is 15.9 Å². The van der Waals surface area contributed by atoms with E-state index in [1.54, 1.807) is 0 Å². The molecule has 66 valence electrons. The molecule has 0 aliphatic rings. The van der Waals surface area contributed by atoms with Gasteiger partial charge in [0.2, 0.25) is 0 Å². The molecule has 0 saturated heterocycles. The summed E-state index contributed by atoms with van der Waals surface area (Å²) in [6.45, 7) is 0. The highest BCUT2D eigenvalue weighted by Gasteiger charge is 2.05. The largest absolute Gasteiger partial charge is 0.363 e. The first-order valence-electron chi connectivity index (χ1n) is 3.40. The zero-order valence-corrected chi connectivity index (χ0v) is 6.57. The van der Waals surface area contributed by atoms with Crippen molar-refractivity contribution in [1.82, 2.24) is 9.97 Å². The number of primary amides is 1. The molecule has 0 aliphatic heterocycles. The van der Waals surface area contributed by atoms with Crippen molar-refractivity contribution in [3.05, 3.63) is 27.9 Å². The van der Waals surface area contributed by atoms with Crippen molar-refractivity contribution in [3.63, 3.8) is 0 Å². The molecule has 0 bridgehead atoms. The van der Waals surface area contributed by atoms with E-state index in [0.29, 0.717) is 0 Å². The quantitative estimate of drug-likeness (QED) is 0.600. The summed E-state index contributed by atoms with van der Waals surface area (Å²) >= 11 is 0. The normalized spacial score (nSPS) is 9.15. The third-order valence-corrected chi connectivity index (χ3v) is 1.29. The molecule has 1 amide bonds. The lowest BCUT2D eigenvalue weighted by Crippen LogP contribution is -2.21. The lowest BCUT2D eigenvalue weighted by Gasteiger charge is -1.96. The molecule has 6 heteroatoms. The number of hydrogen-bond acceptors (Lipinski definition) is 4. The van der Waals surface area contributed by atoms with Gasteiger partial charge in [-0.15, -0.1) is 0 Å². The third kappa shape index (κ3) is 2.13. The van der Waals surface area contributed by atoms with Crippen LogP contribution in [0.1, 0.15) is 16.3 Å². The molecule has 0 unspecified atom stereocenters. The number of nitrogens with one attached hydrogen (secondary N) is 1. The van der Waals surface area contributed by atoms with Gasteiger partial charge in [-0.1, -0.05) is 0 Å². The van der Waals surface area contributed by atoms with Gasteiger partial charge in [-0.25, -0.2) is 4.98 Å². The first kappa shape index (κ1) is 8.93. The van der Waals surface area contributed by atoms with Crippen molar-refractivity contribution in [3.8, 4) is 6.07 Å². The maximum Gasteiger partial charge on any atom is 0.284 e. The summed E-state index contributed by atoms with van der Waals surface area (Å²) in [6, 6.07) is 2.96. The van der Waals surface area contributed by atoms with E-state index in [4.69, 9.17) is 11.0 Å². The van der Waals surface area contributed by atoms with Crippen LogP contribution in [0.5, 0.6) is 0 Å². The second kappa shape index (κ2) is 3.49. The molecule has 1 aromatic heterocycles. The van der Waals surface area contributed by atoms with E-state index >= 15 is 0 Å². The van der Waals surface area contributed by atoms with E-state index in [1.165, 1.54) is 0 Å². The van der Waals surface area contributed by atoms with Crippen LogP contribution in [0.2, 0.25) is 0 Å². The van der Waals surface area contributed by atoms with Crippen LogP contribution in [-0.2, 0) is 6.42 Å². The maximum atomic E-state index is 10.9. The van der Waals surface area contributed by atoms with Crippen molar-refractivity contribution < 1.29 is 4.79 Å². The van der Waals surface area contributed by atoms with Gasteiger partial charge in [-0.05, 0) is 0 Å². The number of carbonyl (C=O) groups excluding carboxylic acids is 1. The number of amides is 1. The summed E-state index contributed by atoms with van der Waals surface area (Å²) in [5.41, 5.74) is 4.64.